The van der Waals surface area contributed by atoms with Gasteiger partial charge in [-0.2, -0.15) is 0 Å². The van der Waals surface area contributed by atoms with Gasteiger partial charge in [-0.05, 0) is 12.8 Å². The summed E-state index contributed by atoms with van der Waals surface area (Å²) in [5.74, 6) is 0.901. The van der Waals surface area contributed by atoms with E-state index in [2.05, 4.69) is 10.0 Å². The van der Waals surface area contributed by atoms with Crippen molar-refractivity contribution in [2.45, 2.75) is 49.5 Å². The SMILES string of the molecule is COc1cc(OC)cc(S(=O)(=O)NCCNC2CCCCCC2)c1. The van der Waals surface area contributed by atoms with Gasteiger partial charge >= 0.3 is 0 Å². The first-order chi connectivity index (χ1) is 11.5. The van der Waals surface area contributed by atoms with E-state index in [1.54, 1.807) is 6.07 Å². The van der Waals surface area contributed by atoms with Crippen molar-refractivity contribution in [2.75, 3.05) is 27.3 Å². The average Bonchev–Trinajstić information content (AvgIpc) is 2.87. The second-order valence-corrected chi connectivity index (χ2v) is 7.86. The lowest BCUT2D eigenvalue weighted by Gasteiger charge is -2.16. The highest BCUT2D eigenvalue weighted by Crippen LogP contribution is 2.25. The van der Waals surface area contributed by atoms with E-state index in [1.807, 2.05) is 0 Å². The molecular formula is C17H28N2O4S. The zero-order valence-electron chi connectivity index (χ0n) is 14.5. The lowest BCUT2D eigenvalue weighted by atomic mass is 10.1. The summed E-state index contributed by atoms with van der Waals surface area (Å²) in [6.45, 7) is 0.989. The predicted molar refractivity (Wildman–Crippen MR) is 94.2 cm³/mol. The molecule has 2 rings (SSSR count). The molecule has 1 aromatic carbocycles. The van der Waals surface area contributed by atoms with Gasteiger partial charge in [0.2, 0.25) is 10.0 Å². The number of ether oxygens (including phenoxy) is 2. The summed E-state index contributed by atoms with van der Waals surface area (Å²) in [5, 5.41) is 3.45. The molecule has 0 bridgehead atoms. The Labute approximate surface area is 145 Å². The Morgan fingerprint density at radius 2 is 1.54 bits per heavy atom. The van der Waals surface area contributed by atoms with Crippen molar-refractivity contribution in [3.63, 3.8) is 0 Å². The molecule has 2 N–H and O–H groups in total. The Morgan fingerprint density at radius 3 is 2.08 bits per heavy atom. The van der Waals surface area contributed by atoms with Crippen LogP contribution in [0.3, 0.4) is 0 Å². The minimum atomic E-state index is -3.59. The van der Waals surface area contributed by atoms with E-state index in [1.165, 1.54) is 64.9 Å². The molecule has 1 saturated carbocycles. The van der Waals surface area contributed by atoms with Gasteiger partial charge in [0.25, 0.3) is 0 Å². The van der Waals surface area contributed by atoms with Gasteiger partial charge in [0.05, 0.1) is 19.1 Å². The van der Waals surface area contributed by atoms with E-state index in [4.69, 9.17) is 9.47 Å². The van der Waals surface area contributed by atoms with Crippen molar-refractivity contribution in [3.8, 4) is 11.5 Å². The van der Waals surface area contributed by atoms with Gasteiger partial charge in [-0.25, -0.2) is 13.1 Å². The third-order valence-corrected chi connectivity index (χ3v) is 5.78. The molecule has 0 unspecified atom stereocenters. The minimum absolute atomic E-state index is 0.146. The highest BCUT2D eigenvalue weighted by molar-refractivity contribution is 7.89. The monoisotopic (exact) mass is 356 g/mol. The molecule has 0 spiro atoms. The third-order valence-electron chi connectivity index (χ3n) is 4.34. The van der Waals surface area contributed by atoms with Crippen LogP contribution in [-0.2, 0) is 10.0 Å². The van der Waals surface area contributed by atoms with Crippen molar-refractivity contribution in [1.82, 2.24) is 10.0 Å². The zero-order valence-corrected chi connectivity index (χ0v) is 15.3. The summed E-state index contributed by atoms with van der Waals surface area (Å²) < 4.78 is 37.7. The Balaban J connectivity index is 1.89. The number of rotatable bonds is 8. The lowest BCUT2D eigenvalue weighted by molar-refractivity contribution is 0.392. The number of hydrogen-bond acceptors (Lipinski definition) is 5. The highest BCUT2D eigenvalue weighted by Gasteiger charge is 2.17. The van der Waals surface area contributed by atoms with Crippen LogP contribution in [0.4, 0.5) is 0 Å². The smallest absolute Gasteiger partial charge is 0.240 e. The van der Waals surface area contributed by atoms with Crippen molar-refractivity contribution in [1.29, 1.82) is 0 Å². The maximum absolute atomic E-state index is 12.4. The van der Waals surface area contributed by atoms with Gasteiger partial charge in [0.15, 0.2) is 0 Å². The minimum Gasteiger partial charge on any atom is -0.497 e. The van der Waals surface area contributed by atoms with Crippen LogP contribution in [0, 0.1) is 0 Å². The number of benzene rings is 1. The van der Waals surface area contributed by atoms with Crippen LogP contribution in [0.2, 0.25) is 0 Å². The van der Waals surface area contributed by atoms with Gasteiger partial charge in [-0.15, -0.1) is 0 Å². The standard InChI is InChI=1S/C17H28N2O4S/c1-22-15-11-16(23-2)13-17(12-15)24(20,21)19-10-9-18-14-7-5-3-4-6-8-14/h11-14,18-19H,3-10H2,1-2H3. The summed E-state index contributed by atoms with van der Waals surface area (Å²) in [6, 6.07) is 5.13. The number of nitrogens with one attached hydrogen (secondary N) is 2. The first-order valence-electron chi connectivity index (χ1n) is 8.51. The molecular weight excluding hydrogens is 328 g/mol. The summed E-state index contributed by atoms with van der Waals surface area (Å²) in [4.78, 5) is 0.146. The van der Waals surface area contributed by atoms with E-state index in [9.17, 15) is 8.42 Å². The predicted octanol–water partition coefficient (Wildman–Crippen LogP) is 2.29. The van der Waals surface area contributed by atoms with Gasteiger partial charge in [-0.1, -0.05) is 25.7 Å². The maximum Gasteiger partial charge on any atom is 0.240 e. The van der Waals surface area contributed by atoms with Crippen molar-refractivity contribution in [3.05, 3.63) is 18.2 Å². The molecule has 6 nitrogen and oxygen atoms in total. The van der Waals surface area contributed by atoms with Crippen LogP contribution in [0.1, 0.15) is 38.5 Å². The van der Waals surface area contributed by atoms with Crippen LogP contribution < -0.4 is 19.5 Å². The molecule has 1 aliphatic carbocycles. The fourth-order valence-corrected chi connectivity index (χ4v) is 4.05. The molecule has 0 saturated heterocycles. The molecule has 24 heavy (non-hydrogen) atoms. The Hall–Kier alpha value is -1.31. The van der Waals surface area contributed by atoms with Crippen LogP contribution in [-0.4, -0.2) is 41.8 Å². The number of methoxy groups -OCH3 is 2. The van der Waals surface area contributed by atoms with Crippen molar-refractivity contribution >= 4 is 10.0 Å². The van der Waals surface area contributed by atoms with Gasteiger partial charge in [0, 0.05) is 37.3 Å². The number of hydrogen-bond donors (Lipinski definition) is 2. The Bertz CT molecular complexity index is 589. The Morgan fingerprint density at radius 1 is 0.958 bits per heavy atom. The first kappa shape index (κ1) is 19.0. The molecule has 1 aliphatic rings. The van der Waals surface area contributed by atoms with Crippen LogP contribution >= 0.6 is 0 Å². The third kappa shape index (κ3) is 5.65. The van der Waals surface area contributed by atoms with Crippen molar-refractivity contribution < 1.29 is 17.9 Å². The highest BCUT2D eigenvalue weighted by atomic mass is 32.2. The van der Waals surface area contributed by atoms with Gasteiger partial charge < -0.3 is 14.8 Å². The lowest BCUT2D eigenvalue weighted by Crippen LogP contribution is -2.36. The van der Waals surface area contributed by atoms with E-state index >= 15 is 0 Å². The van der Waals surface area contributed by atoms with Crippen LogP contribution in [0.25, 0.3) is 0 Å². The first-order valence-corrected chi connectivity index (χ1v) is 9.99. The topological polar surface area (TPSA) is 76.7 Å². The molecule has 7 heteroatoms. The molecule has 0 amide bonds. The van der Waals surface area contributed by atoms with E-state index < -0.39 is 10.0 Å². The summed E-state index contributed by atoms with van der Waals surface area (Å²) in [5.41, 5.74) is 0. The average molecular weight is 356 g/mol. The molecule has 1 fully saturated rings. The maximum atomic E-state index is 12.4. The molecule has 0 heterocycles. The second kappa shape index (κ2) is 9.25. The van der Waals surface area contributed by atoms with Gasteiger partial charge in [-0.3, -0.25) is 0 Å². The van der Waals surface area contributed by atoms with Crippen LogP contribution in [0.5, 0.6) is 11.5 Å². The Kier molecular flexibility index (Phi) is 7.33. The molecule has 1 aromatic rings. The normalized spacial score (nSPS) is 16.6. The summed E-state index contributed by atoms with van der Waals surface area (Å²) >= 11 is 0. The van der Waals surface area contributed by atoms with E-state index in [0.29, 0.717) is 30.6 Å². The van der Waals surface area contributed by atoms with E-state index in [-0.39, 0.29) is 4.90 Å². The number of sulfonamides is 1. The molecule has 0 atom stereocenters. The molecule has 0 radical (unpaired) electrons. The zero-order chi connectivity index (χ0) is 17.4. The fraction of sp³-hybridized carbons (Fsp3) is 0.647. The van der Waals surface area contributed by atoms with Crippen molar-refractivity contribution in [2.24, 2.45) is 0 Å². The summed E-state index contributed by atoms with van der Waals surface area (Å²) in [7, 11) is -0.595. The van der Waals surface area contributed by atoms with Crippen LogP contribution in [0.15, 0.2) is 23.1 Å². The summed E-state index contributed by atoms with van der Waals surface area (Å²) in [6.07, 6.45) is 7.49. The quantitative estimate of drug-likeness (QED) is 0.552. The fourth-order valence-electron chi connectivity index (χ4n) is 2.96. The van der Waals surface area contributed by atoms with Gasteiger partial charge in [0.1, 0.15) is 11.5 Å². The van der Waals surface area contributed by atoms with E-state index in [0.717, 1.165) is 0 Å². The molecule has 136 valence electrons. The second-order valence-electron chi connectivity index (χ2n) is 6.09. The molecule has 0 aliphatic heterocycles. The molecule has 0 aromatic heterocycles. The largest absolute Gasteiger partial charge is 0.497 e.